The van der Waals surface area contributed by atoms with Gasteiger partial charge in [0.1, 0.15) is 17.9 Å². The Morgan fingerprint density at radius 2 is 1.91 bits per heavy atom. The van der Waals surface area contributed by atoms with Crippen LogP contribution in [0.5, 0.6) is 0 Å². The van der Waals surface area contributed by atoms with Gasteiger partial charge in [0.25, 0.3) is 10.0 Å². The predicted molar refractivity (Wildman–Crippen MR) is 78.0 cm³/mol. The van der Waals surface area contributed by atoms with E-state index in [4.69, 9.17) is 5.11 Å². The summed E-state index contributed by atoms with van der Waals surface area (Å²) in [7, 11) is -3.67. The van der Waals surface area contributed by atoms with Gasteiger partial charge in [-0.3, -0.25) is 19.3 Å². The number of amidine groups is 1. The van der Waals surface area contributed by atoms with Crippen molar-refractivity contribution in [3.05, 3.63) is 29.8 Å². The van der Waals surface area contributed by atoms with E-state index < -0.39 is 34.0 Å². The quantitative estimate of drug-likeness (QED) is 0.701. The first-order chi connectivity index (χ1) is 10.2. The van der Waals surface area contributed by atoms with Crippen LogP contribution in [-0.2, 0) is 19.6 Å². The number of carbonyl (C=O) groups excluding carboxylic acids is 1. The number of aliphatic imine (C=N–C) groups is 1. The van der Waals surface area contributed by atoms with Crippen LogP contribution >= 0.6 is 0 Å². The van der Waals surface area contributed by atoms with Crippen LogP contribution in [0.2, 0.25) is 0 Å². The number of carboxylic acid groups (broad SMARTS) is 1. The van der Waals surface area contributed by atoms with Gasteiger partial charge in [-0.1, -0.05) is 12.1 Å². The number of benzene rings is 1. The molecule has 1 aliphatic rings. The van der Waals surface area contributed by atoms with E-state index in [0.29, 0.717) is 5.56 Å². The van der Waals surface area contributed by atoms with Crippen molar-refractivity contribution in [2.75, 3.05) is 0 Å². The second-order valence-electron chi connectivity index (χ2n) is 4.82. The third-order valence-electron chi connectivity index (χ3n) is 3.09. The number of carbonyl (C=O) groups is 2. The molecule has 0 aromatic heterocycles. The van der Waals surface area contributed by atoms with E-state index in [2.05, 4.69) is 15.0 Å². The van der Waals surface area contributed by atoms with Gasteiger partial charge in [0.15, 0.2) is 0 Å². The molecule has 0 spiro atoms. The molecule has 1 aliphatic heterocycles. The number of hydrogen-bond acceptors (Lipinski definition) is 5. The summed E-state index contributed by atoms with van der Waals surface area (Å²) in [6.45, 7) is 2.78. The van der Waals surface area contributed by atoms with Crippen molar-refractivity contribution in [3.63, 3.8) is 0 Å². The zero-order chi connectivity index (χ0) is 16.5. The van der Waals surface area contributed by atoms with Crippen LogP contribution in [0.25, 0.3) is 0 Å². The van der Waals surface area contributed by atoms with Gasteiger partial charge in [-0.05, 0) is 26.0 Å². The number of aliphatic carboxylic acids is 1. The first-order valence-electron chi connectivity index (χ1n) is 6.45. The maximum Gasteiger partial charge on any atom is 0.325 e. The first-order valence-corrected chi connectivity index (χ1v) is 7.94. The number of carboxylic acids is 1. The summed E-state index contributed by atoms with van der Waals surface area (Å²) in [5.41, 5.74) is 0.383. The molecule has 0 aliphatic carbocycles. The lowest BCUT2D eigenvalue weighted by Crippen LogP contribution is -2.43. The zero-order valence-electron chi connectivity index (χ0n) is 11.9. The monoisotopic (exact) mass is 325 g/mol. The van der Waals surface area contributed by atoms with Crippen LogP contribution in [0.1, 0.15) is 19.4 Å². The number of sulfonamides is 1. The second kappa shape index (κ2) is 5.76. The lowest BCUT2D eigenvalue weighted by atomic mass is 10.2. The minimum Gasteiger partial charge on any atom is -0.480 e. The third-order valence-corrected chi connectivity index (χ3v) is 4.49. The van der Waals surface area contributed by atoms with Crippen molar-refractivity contribution in [2.45, 2.75) is 30.8 Å². The SMILES string of the molecule is CC(N=C1NS(=O)(=O)c2ccccc21)C(=O)N[C@H](C)C(=O)O. The summed E-state index contributed by atoms with van der Waals surface area (Å²) < 4.78 is 26.1. The van der Waals surface area contributed by atoms with Crippen molar-refractivity contribution in [3.8, 4) is 0 Å². The van der Waals surface area contributed by atoms with Gasteiger partial charge >= 0.3 is 5.97 Å². The molecule has 118 valence electrons. The Morgan fingerprint density at radius 3 is 2.55 bits per heavy atom. The number of hydrogen-bond donors (Lipinski definition) is 3. The highest BCUT2D eigenvalue weighted by Gasteiger charge is 2.31. The third kappa shape index (κ3) is 3.08. The maximum atomic E-state index is 11.9. The summed E-state index contributed by atoms with van der Waals surface area (Å²) in [4.78, 5) is 26.7. The average molecular weight is 325 g/mol. The molecule has 0 fully saturated rings. The van der Waals surface area contributed by atoms with Crippen LogP contribution in [-0.4, -0.2) is 43.3 Å². The lowest BCUT2D eigenvalue weighted by Gasteiger charge is -2.12. The first kappa shape index (κ1) is 16.0. The van der Waals surface area contributed by atoms with E-state index in [1.807, 2.05) is 0 Å². The van der Waals surface area contributed by atoms with Gasteiger partial charge in [0.05, 0.1) is 4.90 Å². The lowest BCUT2D eigenvalue weighted by molar-refractivity contribution is -0.141. The van der Waals surface area contributed by atoms with Gasteiger partial charge in [-0.25, -0.2) is 8.42 Å². The highest BCUT2D eigenvalue weighted by molar-refractivity contribution is 7.90. The highest BCUT2D eigenvalue weighted by atomic mass is 32.2. The maximum absolute atomic E-state index is 11.9. The highest BCUT2D eigenvalue weighted by Crippen LogP contribution is 2.22. The molecule has 0 bridgehead atoms. The van der Waals surface area contributed by atoms with Crippen LogP contribution in [0.15, 0.2) is 34.2 Å². The Bertz CT molecular complexity index is 757. The topological polar surface area (TPSA) is 125 Å². The van der Waals surface area contributed by atoms with Crippen LogP contribution < -0.4 is 10.0 Å². The fourth-order valence-corrected chi connectivity index (χ4v) is 3.12. The Kier molecular flexibility index (Phi) is 4.18. The van der Waals surface area contributed by atoms with E-state index in [-0.39, 0.29) is 10.7 Å². The molecule has 22 heavy (non-hydrogen) atoms. The number of nitrogens with zero attached hydrogens (tertiary/aromatic N) is 1. The van der Waals surface area contributed by atoms with Crippen LogP contribution in [0.3, 0.4) is 0 Å². The molecule has 1 aromatic rings. The van der Waals surface area contributed by atoms with Gasteiger partial charge in [-0.2, -0.15) is 0 Å². The van der Waals surface area contributed by atoms with E-state index in [9.17, 15) is 18.0 Å². The van der Waals surface area contributed by atoms with Crippen molar-refractivity contribution in [1.29, 1.82) is 0 Å². The van der Waals surface area contributed by atoms with E-state index in [0.717, 1.165) is 0 Å². The molecule has 1 aromatic carbocycles. The molecule has 8 nitrogen and oxygen atoms in total. The molecular weight excluding hydrogens is 310 g/mol. The smallest absolute Gasteiger partial charge is 0.325 e. The normalized spacial score (nSPS) is 19.8. The fraction of sp³-hybridized carbons (Fsp3) is 0.308. The molecule has 0 saturated heterocycles. The summed E-state index contributed by atoms with van der Waals surface area (Å²) >= 11 is 0. The molecule has 2 atom stereocenters. The van der Waals surface area contributed by atoms with Crippen LogP contribution in [0, 0.1) is 0 Å². The average Bonchev–Trinajstić information content (AvgIpc) is 2.70. The summed E-state index contributed by atoms with van der Waals surface area (Å²) in [6, 6.07) is 4.28. The largest absolute Gasteiger partial charge is 0.480 e. The van der Waals surface area contributed by atoms with Crippen molar-refractivity contribution in [2.24, 2.45) is 4.99 Å². The van der Waals surface area contributed by atoms with E-state index in [1.54, 1.807) is 18.2 Å². The minimum atomic E-state index is -3.67. The summed E-state index contributed by atoms with van der Waals surface area (Å²) in [6.07, 6.45) is 0. The fourth-order valence-electron chi connectivity index (χ4n) is 1.88. The number of rotatable bonds is 4. The number of amides is 1. The van der Waals surface area contributed by atoms with Gasteiger partial charge < -0.3 is 10.4 Å². The molecule has 0 saturated carbocycles. The standard InChI is InChI=1S/C13H15N3O5S/c1-7(12(17)15-8(2)13(18)19)14-11-9-5-3-4-6-10(9)22(20,21)16-11/h3-8H,1-2H3,(H,14,16)(H,15,17)(H,18,19)/t7?,8-/m1/s1. The van der Waals surface area contributed by atoms with Gasteiger partial charge in [0.2, 0.25) is 5.91 Å². The molecule has 1 heterocycles. The zero-order valence-corrected chi connectivity index (χ0v) is 12.7. The molecule has 9 heteroatoms. The minimum absolute atomic E-state index is 0.0706. The van der Waals surface area contributed by atoms with Crippen molar-refractivity contribution in [1.82, 2.24) is 10.0 Å². The van der Waals surface area contributed by atoms with Crippen molar-refractivity contribution >= 4 is 27.7 Å². The summed E-state index contributed by atoms with van der Waals surface area (Å²) in [5.74, 6) is -1.70. The van der Waals surface area contributed by atoms with Crippen LogP contribution in [0.4, 0.5) is 0 Å². The predicted octanol–water partition coefficient (Wildman–Crippen LogP) is -0.297. The van der Waals surface area contributed by atoms with E-state index in [1.165, 1.54) is 19.9 Å². The van der Waals surface area contributed by atoms with Gasteiger partial charge in [-0.15, -0.1) is 0 Å². The Morgan fingerprint density at radius 1 is 1.27 bits per heavy atom. The van der Waals surface area contributed by atoms with Crippen molar-refractivity contribution < 1.29 is 23.1 Å². The van der Waals surface area contributed by atoms with E-state index >= 15 is 0 Å². The van der Waals surface area contributed by atoms with Gasteiger partial charge in [0, 0.05) is 5.56 Å². The molecule has 3 N–H and O–H groups in total. The molecule has 1 amide bonds. The molecule has 1 unspecified atom stereocenters. The molecule has 0 radical (unpaired) electrons. The number of nitrogens with one attached hydrogen (secondary N) is 2. The summed E-state index contributed by atoms with van der Waals surface area (Å²) in [5, 5.41) is 11.0. The Balaban J connectivity index is 2.24. The molecule has 2 rings (SSSR count). The Hall–Kier alpha value is -2.42. The molecular formula is C13H15N3O5S. The Labute approximate surface area is 127 Å². The second-order valence-corrected chi connectivity index (χ2v) is 6.47. The number of fused-ring (bicyclic) bond motifs is 1.